The molecule has 2 heterocycles. The molecule has 0 aliphatic carbocycles. The molecule has 172 valence electrons. The summed E-state index contributed by atoms with van der Waals surface area (Å²) in [7, 11) is 0. The van der Waals surface area contributed by atoms with E-state index in [1.54, 1.807) is 17.0 Å². The lowest BCUT2D eigenvalue weighted by Gasteiger charge is -2.34. The Kier molecular flexibility index (Phi) is 6.26. The molecule has 5 nitrogen and oxygen atoms in total. The van der Waals surface area contributed by atoms with E-state index in [0.717, 1.165) is 29.8 Å². The maximum absolute atomic E-state index is 14.4. The molecule has 0 saturated carbocycles. The first kappa shape index (κ1) is 22.7. The fourth-order valence-electron chi connectivity index (χ4n) is 4.49. The fourth-order valence-corrected chi connectivity index (χ4v) is 4.68. The van der Waals surface area contributed by atoms with E-state index in [4.69, 9.17) is 21.1 Å². The summed E-state index contributed by atoms with van der Waals surface area (Å²) >= 11 is 6.11. The van der Waals surface area contributed by atoms with E-state index in [1.165, 1.54) is 17.2 Å². The zero-order valence-corrected chi connectivity index (χ0v) is 19.9. The molecule has 0 unspecified atom stereocenters. The van der Waals surface area contributed by atoms with Crippen molar-refractivity contribution in [2.24, 2.45) is 0 Å². The molecule has 2 aromatic carbocycles. The van der Waals surface area contributed by atoms with Crippen molar-refractivity contribution in [3.8, 4) is 5.75 Å². The Morgan fingerprint density at radius 3 is 2.69 bits per heavy atom. The van der Waals surface area contributed by atoms with Crippen molar-refractivity contribution in [3.05, 3.63) is 57.4 Å². The van der Waals surface area contributed by atoms with Crippen LogP contribution in [-0.4, -0.2) is 42.8 Å². The average molecular weight is 461 g/mol. The second kappa shape index (κ2) is 8.81. The van der Waals surface area contributed by atoms with Gasteiger partial charge in [-0.1, -0.05) is 11.6 Å². The van der Waals surface area contributed by atoms with Gasteiger partial charge in [-0.2, -0.15) is 0 Å². The zero-order chi connectivity index (χ0) is 23.0. The third kappa shape index (κ3) is 4.80. The van der Waals surface area contributed by atoms with Gasteiger partial charge in [0, 0.05) is 30.2 Å². The van der Waals surface area contributed by atoms with Crippen LogP contribution in [0, 0.1) is 12.7 Å². The minimum atomic E-state index is -0.519. The highest BCUT2D eigenvalue weighted by Crippen LogP contribution is 2.40. The molecule has 0 atom stereocenters. The Morgan fingerprint density at radius 1 is 1.19 bits per heavy atom. The maximum atomic E-state index is 14.4. The molecule has 0 fully saturated rings. The van der Waals surface area contributed by atoms with Gasteiger partial charge in [-0.25, -0.2) is 9.18 Å². The van der Waals surface area contributed by atoms with Gasteiger partial charge < -0.3 is 19.3 Å². The van der Waals surface area contributed by atoms with Crippen LogP contribution in [0.4, 0.5) is 14.9 Å². The van der Waals surface area contributed by atoms with Crippen LogP contribution in [0.2, 0.25) is 5.02 Å². The number of amides is 1. The number of anilines is 1. The molecule has 7 heteroatoms. The lowest BCUT2D eigenvalue weighted by Crippen LogP contribution is -2.38. The van der Waals surface area contributed by atoms with Gasteiger partial charge in [0.25, 0.3) is 0 Å². The van der Waals surface area contributed by atoms with Gasteiger partial charge in [-0.05, 0) is 81.5 Å². The first-order valence-corrected chi connectivity index (χ1v) is 11.4. The third-order valence-corrected chi connectivity index (χ3v) is 6.21. The molecule has 2 aliphatic rings. The summed E-state index contributed by atoms with van der Waals surface area (Å²) in [5, 5.41) is 0.524. The second-order valence-corrected chi connectivity index (χ2v) is 9.90. The second-order valence-electron chi connectivity index (χ2n) is 9.46. The highest BCUT2D eigenvalue weighted by Gasteiger charge is 2.29. The molecule has 0 N–H and O–H groups in total. The predicted octanol–water partition coefficient (Wildman–Crippen LogP) is 5.52. The molecule has 0 radical (unpaired) electrons. The van der Waals surface area contributed by atoms with Crippen LogP contribution in [0.3, 0.4) is 0 Å². The molecule has 2 aromatic rings. The number of ether oxygens (including phenoxy) is 2. The number of carbonyl (C=O) groups excluding carboxylic acids is 1. The highest BCUT2D eigenvalue weighted by atomic mass is 35.5. The Balaban J connectivity index is 1.61. The van der Waals surface area contributed by atoms with E-state index in [2.05, 4.69) is 17.9 Å². The van der Waals surface area contributed by atoms with Crippen LogP contribution in [0.5, 0.6) is 5.75 Å². The summed E-state index contributed by atoms with van der Waals surface area (Å²) in [5.74, 6) is 0.559. The number of carbonyl (C=O) groups is 1. The topological polar surface area (TPSA) is 42.0 Å². The summed E-state index contributed by atoms with van der Waals surface area (Å²) in [5.41, 5.74) is 4.61. The molecule has 0 aromatic heterocycles. The Hall–Kier alpha value is -2.47. The monoisotopic (exact) mass is 460 g/mol. The SMILES string of the molecule is Cc1c2c(cc3c1N(Cc1cc(Cl)ccc1F)CCO3)CCN(C(=O)OC(C)(C)C)CC2. The molecule has 4 rings (SSSR count). The number of hydrogen-bond acceptors (Lipinski definition) is 4. The zero-order valence-electron chi connectivity index (χ0n) is 19.1. The van der Waals surface area contributed by atoms with Gasteiger partial charge in [0.2, 0.25) is 0 Å². The van der Waals surface area contributed by atoms with Crippen molar-refractivity contribution >= 4 is 23.4 Å². The van der Waals surface area contributed by atoms with Gasteiger partial charge in [-0.3, -0.25) is 0 Å². The number of halogens is 2. The van der Waals surface area contributed by atoms with Crippen LogP contribution >= 0.6 is 11.6 Å². The Bertz CT molecular complexity index is 1030. The lowest BCUT2D eigenvalue weighted by atomic mass is 9.94. The van der Waals surface area contributed by atoms with Crippen molar-refractivity contribution in [1.82, 2.24) is 4.90 Å². The molecule has 0 bridgehead atoms. The van der Waals surface area contributed by atoms with Gasteiger partial charge >= 0.3 is 6.09 Å². The lowest BCUT2D eigenvalue weighted by molar-refractivity contribution is 0.0258. The summed E-state index contributed by atoms with van der Waals surface area (Å²) in [6.07, 6.45) is 1.21. The minimum Gasteiger partial charge on any atom is -0.490 e. The predicted molar refractivity (Wildman–Crippen MR) is 124 cm³/mol. The van der Waals surface area contributed by atoms with Crippen molar-refractivity contribution in [1.29, 1.82) is 0 Å². The van der Waals surface area contributed by atoms with Crippen LogP contribution in [0.1, 0.15) is 43.0 Å². The smallest absolute Gasteiger partial charge is 0.410 e. The van der Waals surface area contributed by atoms with Gasteiger partial charge in [0.05, 0.1) is 12.2 Å². The number of benzene rings is 2. The molecule has 32 heavy (non-hydrogen) atoms. The van der Waals surface area contributed by atoms with Crippen molar-refractivity contribution in [3.63, 3.8) is 0 Å². The Labute approximate surface area is 194 Å². The largest absolute Gasteiger partial charge is 0.490 e. The third-order valence-electron chi connectivity index (χ3n) is 5.97. The first-order chi connectivity index (χ1) is 15.1. The number of rotatable bonds is 2. The standard InChI is InChI=1S/C25H30ClFN2O3/c1-16-20-8-10-28(24(30)32-25(2,3)4)9-7-17(20)14-22-23(16)29(11-12-31-22)15-18-13-19(26)5-6-21(18)27/h5-6,13-14H,7-12,15H2,1-4H3. The first-order valence-electron chi connectivity index (χ1n) is 11.1. The van der Waals surface area contributed by atoms with Crippen molar-refractivity contribution < 1.29 is 18.7 Å². The summed E-state index contributed by atoms with van der Waals surface area (Å²) in [6, 6.07) is 6.75. The normalized spacial score (nSPS) is 16.1. The van der Waals surface area contributed by atoms with E-state index in [1.807, 2.05) is 20.8 Å². The minimum absolute atomic E-state index is 0.261. The van der Waals surface area contributed by atoms with E-state index < -0.39 is 5.60 Å². The highest BCUT2D eigenvalue weighted by molar-refractivity contribution is 6.30. The van der Waals surface area contributed by atoms with Gasteiger partial charge in [0.15, 0.2) is 0 Å². The van der Waals surface area contributed by atoms with Crippen LogP contribution < -0.4 is 9.64 Å². The van der Waals surface area contributed by atoms with Crippen molar-refractivity contribution in [2.45, 2.75) is 52.7 Å². The van der Waals surface area contributed by atoms with Crippen LogP contribution in [0.15, 0.2) is 24.3 Å². The summed E-state index contributed by atoms with van der Waals surface area (Å²) < 4.78 is 26.0. The average Bonchev–Trinajstić information content (AvgIpc) is 2.92. The summed E-state index contributed by atoms with van der Waals surface area (Å²) in [6.45, 7) is 10.6. The molecule has 1 amide bonds. The molecular weight excluding hydrogens is 431 g/mol. The van der Waals surface area contributed by atoms with Crippen molar-refractivity contribution in [2.75, 3.05) is 31.1 Å². The molecular formula is C25H30ClFN2O3. The van der Waals surface area contributed by atoms with E-state index in [-0.39, 0.29) is 11.9 Å². The number of hydrogen-bond donors (Lipinski definition) is 0. The van der Waals surface area contributed by atoms with E-state index in [9.17, 15) is 9.18 Å². The van der Waals surface area contributed by atoms with Crippen LogP contribution in [0.25, 0.3) is 0 Å². The van der Waals surface area contributed by atoms with E-state index in [0.29, 0.717) is 43.4 Å². The molecule has 0 spiro atoms. The fraction of sp³-hybridized carbons (Fsp3) is 0.480. The van der Waals surface area contributed by atoms with Gasteiger partial charge in [0.1, 0.15) is 23.8 Å². The van der Waals surface area contributed by atoms with Gasteiger partial charge in [-0.15, -0.1) is 0 Å². The maximum Gasteiger partial charge on any atom is 0.410 e. The summed E-state index contributed by atoms with van der Waals surface area (Å²) in [4.78, 5) is 16.5. The van der Waals surface area contributed by atoms with Crippen LogP contribution in [-0.2, 0) is 24.1 Å². The molecule has 0 saturated heterocycles. The quantitative estimate of drug-likeness (QED) is 0.591. The van der Waals surface area contributed by atoms with E-state index >= 15 is 0 Å². The Morgan fingerprint density at radius 2 is 1.94 bits per heavy atom. The number of fused-ring (bicyclic) bond motifs is 2. The molecule has 2 aliphatic heterocycles. The number of nitrogens with zero attached hydrogens (tertiary/aromatic N) is 2.